The second-order valence-corrected chi connectivity index (χ2v) is 5.20. The van der Waals surface area contributed by atoms with Crippen molar-refractivity contribution in [1.29, 1.82) is 0 Å². The first-order chi connectivity index (χ1) is 9.64. The fourth-order valence-corrected chi connectivity index (χ4v) is 2.63. The van der Waals surface area contributed by atoms with Crippen LogP contribution >= 0.6 is 0 Å². The fourth-order valence-electron chi connectivity index (χ4n) is 2.63. The van der Waals surface area contributed by atoms with Gasteiger partial charge in [-0.3, -0.25) is 4.79 Å². The standard InChI is InChI=1S/C18H16O2/c1-13(14-9-5-3-6-10-14)16-18(2,17(19)20-16)15-11-7-4-8-12-15/h3-12H,1-2H3/b16-13+/t18-/m0/s1. The van der Waals surface area contributed by atoms with E-state index in [-0.39, 0.29) is 5.97 Å². The van der Waals surface area contributed by atoms with Crippen LogP contribution in [0.15, 0.2) is 66.4 Å². The molecule has 3 rings (SSSR count). The minimum absolute atomic E-state index is 0.186. The molecule has 2 aromatic rings. The van der Waals surface area contributed by atoms with E-state index in [1.165, 1.54) is 0 Å². The molecule has 1 aliphatic rings. The van der Waals surface area contributed by atoms with E-state index in [9.17, 15) is 4.79 Å². The summed E-state index contributed by atoms with van der Waals surface area (Å²) in [6.07, 6.45) is 0. The van der Waals surface area contributed by atoms with Gasteiger partial charge in [0.25, 0.3) is 0 Å². The number of allylic oxidation sites excluding steroid dienone is 1. The lowest BCUT2D eigenvalue weighted by molar-refractivity contribution is -0.159. The van der Waals surface area contributed by atoms with Crippen molar-refractivity contribution in [2.45, 2.75) is 19.3 Å². The normalized spacial score (nSPS) is 23.8. The lowest BCUT2D eigenvalue weighted by atomic mass is 9.74. The Kier molecular flexibility index (Phi) is 2.94. The van der Waals surface area contributed by atoms with Crippen molar-refractivity contribution in [2.24, 2.45) is 0 Å². The third-order valence-electron chi connectivity index (χ3n) is 3.96. The summed E-state index contributed by atoms with van der Waals surface area (Å²) < 4.78 is 5.37. The van der Waals surface area contributed by atoms with E-state index in [0.717, 1.165) is 22.5 Å². The number of carbonyl (C=O) groups excluding carboxylic acids is 1. The zero-order valence-electron chi connectivity index (χ0n) is 11.6. The summed E-state index contributed by atoms with van der Waals surface area (Å²) in [6, 6.07) is 19.8. The highest BCUT2D eigenvalue weighted by Crippen LogP contribution is 2.46. The second kappa shape index (κ2) is 4.64. The molecule has 1 atom stereocenters. The quantitative estimate of drug-likeness (QED) is 0.768. The monoisotopic (exact) mass is 264 g/mol. The van der Waals surface area contributed by atoms with E-state index in [1.807, 2.05) is 74.5 Å². The van der Waals surface area contributed by atoms with Gasteiger partial charge in [-0.2, -0.15) is 0 Å². The molecule has 1 aliphatic heterocycles. The number of rotatable bonds is 2. The Morgan fingerprint density at radius 1 is 0.950 bits per heavy atom. The number of cyclic esters (lactones) is 1. The molecule has 1 fully saturated rings. The zero-order valence-corrected chi connectivity index (χ0v) is 11.6. The van der Waals surface area contributed by atoms with Gasteiger partial charge in [-0.05, 0) is 30.5 Å². The summed E-state index contributed by atoms with van der Waals surface area (Å²) in [5.74, 6) is 0.564. The van der Waals surface area contributed by atoms with Gasteiger partial charge in [0.05, 0.1) is 0 Å². The van der Waals surface area contributed by atoms with Gasteiger partial charge in [0.2, 0.25) is 0 Å². The topological polar surface area (TPSA) is 26.3 Å². The van der Waals surface area contributed by atoms with Crippen LogP contribution in [0.25, 0.3) is 5.57 Å². The third-order valence-corrected chi connectivity index (χ3v) is 3.96. The Morgan fingerprint density at radius 3 is 2.05 bits per heavy atom. The number of carbonyl (C=O) groups is 1. The molecular formula is C18H16O2. The van der Waals surface area contributed by atoms with Crippen LogP contribution < -0.4 is 0 Å². The molecule has 0 unspecified atom stereocenters. The summed E-state index contributed by atoms with van der Waals surface area (Å²) in [6.45, 7) is 3.92. The van der Waals surface area contributed by atoms with Crippen LogP contribution in [0.1, 0.15) is 25.0 Å². The molecule has 0 saturated carbocycles. The van der Waals surface area contributed by atoms with Crippen molar-refractivity contribution >= 4 is 11.5 Å². The van der Waals surface area contributed by atoms with E-state index >= 15 is 0 Å². The van der Waals surface area contributed by atoms with E-state index < -0.39 is 5.41 Å². The molecule has 0 spiro atoms. The first-order valence-electron chi connectivity index (χ1n) is 6.68. The average molecular weight is 264 g/mol. The summed E-state index contributed by atoms with van der Waals surface area (Å²) >= 11 is 0. The van der Waals surface area contributed by atoms with Gasteiger partial charge in [-0.25, -0.2) is 0 Å². The van der Waals surface area contributed by atoms with Crippen LogP contribution in [0.5, 0.6) is 0 Å². The summed E-state index contributed by atoms with van der Waals surface area (Å²) in [5, 5.41) is 0. The Hall–Kier alpha value is -2.35. The molecule has 1 heterocycles. The van der Waals surface area contributed by atoms with Crippen molar-refractivity contribution in [1.82, 2.24) is 0 Å². The van der Waals surface area contributed by atoms with Crippen molar-refractivity contribution in [3.8, 4) is 0 Å². The molecule has 0 radical (unpaired) electrons. The largest absolute Gasteiger partial charge is 0.428 e. The van der Waals surface area contributed by atoms with Crippen LogP contribution in [0.4, 0.5) is 0 Å². The number of benzene rings is 2. The summed E-state index contributed by atoms with van der Waals surface area (Å²) in [4.78, 5) is 12.0. The second-order valence-electron chi connectivity index (χ2n) is 5.20. The van der Waals surface area contributed by atoms with Crippen LogP contribution in [-0.4, -0.2) is 5.97 Å². The highest BCUT2D eigenvalue weighted by molar-refractivity contribution is 5.97. The van der Waals surface area contributed by atoms with Crippen molar-refractivity contribution < 1.29 is 9.53 Å². The van der Waals surface area contributed by atoms with E-state index in [4.69, 9.17) is 4.74 Å². The smallest absolute Gasteiger partial charge is 0.329 e. The zero-order chi connectivity index (χ0) is 14.2. The molecule has 0 aliphatic carbocycles. The van der Waals surface area contributed by atoms with Crippen molar-refractivity contribution in [2.75, 3.05) is 0 Å². The summed E-state index contributed by atoms with van der Waals surface area (Å²) in [5.41, 5.74) is 2.40. The fraction of sp³-hybridized carbons (Fsp3) is 0.167. The molecule has 2 nitrogen and oxygen atoms in total. The van der Waals surface area contributed by atoms with E-state index in [1.54, 1.807) is 0 Å². The van der Waals surface area contributed by atoms with E-state index in [0.29, 0.717) is 0 Å². The maximum absolute atomic E-state index is 12.0. The van der Waals surface area contributed by atoms with Gasteiger partial charge in [-0.1, -0.05) is 60.7 Å². The number of ether oxygens (including phenoxy) is 1. The van der Waals surface area contributed by atoms with Gasteiger partial charge in [0.15, 0.2) is 0 Å². The third kappa shape index (κ3) is 1.76. The highest BCUT2D eigenvalue weighted by Gasteiger charge is 2.52. The molecule has 2 aromatic carbocycles. The molecule has 0 aromatic heterocycles. The highest BCUT2D eigenvalue weighted by atomic mass is 16.6. The predicted octanol–water partition coefficient (Wildman–Crippen LogP) is 3.93. The van der Waals surface area contributed by atoms with Gasteiger partial charge >= 0.3 is 5.97 Å². The van der Waals surface area contributed by atoms with Gasteiger partial charge in [0.1, 0.15) is 11.2 Å². The lowest BCUT2D eigenvalue weighted by Gasteiger charge is -2.40. The van der Waals surface area contributed by atoms with Gasteiger partial charge in [-0.15, -0.1) is 0 Å². The molecule has 2 heteroatoms. The molecule has 100 valence electrons. The van der Waals surface area contributed by atoms with Crippen molar-refractivity contribution in [3.63, 3.8) is 0 Å². The maximum atomic E-state index is 12.0. The van der Waals surface area contributed by atoms with Gasteiger partial charge < -0.3 is 4.74 Å². The van der Waals surface area contributed by atoms with Crippen LogP contribution in [0.2, 0.25) is 0 Å². The van der Waals surface area contributed by atoms with Crippen LogP contribution in [0, 0.1) is 0 Å². The lowest BCUT2D eigenvalue weighted by Crippen LogP contribution is -2.48. The van der Waals surface area contributed by atoms with Crippen molar-refractivity contribution in [3.05, 3.63) is 77.5 Å². The molecule has 20 heavy (non-hydrogen) atoms. The molecule has 0 bridgehead atoms. The average Bonchev–Trinajstić information content (AvgIpc) is 2.52. The van der Waals surface area contributed by atoms with E-state index in [2.05, 4.69) is 0 Å². The number of hydrogen-bond donors (Lipinski definition) is 0. The summed E-state index contributed by atoms with van der Waals surface area (Å²) in [7, 11) is 0. The SMILES string of the molecule is C/C(=C1\OC(=O)[C@@]1(C)c1ccccc1)c1ccccc1. The predicted molar refractivity (Wildman–Crippen MR) is 78.9 cm³/mol. The molecular weight excluding hydrogens is 248 g/mol. The Morgan fingerprint density at radius 2 is 1.50 bits per heavy atom. The Bertz CT molecular complexity index is 671. The minimum atomic E-state index is -0.665. The molecule has 1 saturated heterocycles. The minimum Gasteiger partial charge on any atom is -0.428 e. The number of esters is 1. The Labute approximate surface area is 118 Å². The first kappa shape index (κ1) is 12.7. The molecule has 0 amide bonds. The Balaban J connectivity index is 2.10. The molecule has 0 N–H and O–H groups in total. The van der Waals surface area contributed by atoms with Gasteiger partial charge in [0, 0.05) is 0 Å². The first-order valence-corrected chi connectivity index (χ1v) is 6.68. The van der Waals surface area contributed by atoms with Crippen LogP contribution in [-0.2, 0) is 14.9 Å². The number of hydrogen-bond acceptors (Lipinski definition) is 2. The van der Waals surface area contributed by atoms with Crippen LogP contribution in [0.3, 0.4) is 0 Å². The maximum Gasteiger partial charge on any atom is 0.329 e.